The van der Waals surface area contributed by atoms with Crippen LogP contribution in [0.15, 0.2) is 18.5 Å². The Hall–Kier alpha value is -1.91. The van der Waals surface area contributed by atoms with Crippen molar-refractivity contribution in [2.24, 2.45) is 5.92 Å². The molecule has 2 heterocycles. The molecule has 1 aliphatic carbocycles. The highest BCUT2D eigenvalue weighted by Gasteiger charge is 2.15. The van der Waals surface area contributed by atoms with Crippen molar-refractivity contribution in [1.29, 1.82) is 0 Å². The second-order valence-corrected chi connectivity index (χ2v) is 4.48. The molecule has 2 aromatic rings. The number of nitrogen functional groups attached to an aromatic ring is 1. The number of nitrogens with one attached hydrogen (secondary N) is 1. The zero-order valence-electron chi connectivity index (χ0n) is 9.56. The van der Waals surface area contributed by atoms with Crippen molar-refractivity contribution in [2.45, 2.75) is 25.7 Å². The summed E-state index contributed by atoms with van der Waals surface area (Å²) in [5.74, 6) is 0.970. The van der Waals surface area contributed by atoms with Gasteiger partial charge in [-0.05, 0) is 31.6 Å². The van der Waals surface area contributed by atoms with Crippen LogP contribution in [0.3, 0.4) is 0 Å². The normalized spacial score (nSPS) is 19.9. The molecular formula is C12H15N5. The topological polar surface area (TPSA) is 80.5 Å². The van der Waals surface area contributed by atoms with Gasteiger partial charge in [0.2, 0.25) is 5.95 Å². The number of aromatic nitrogens is 4. The van der Waals surface area contributed by atoms with Crippen LogP contribution in [0.1, 0.15) is 25.0 Å². The van der Waals surface area contributed by atoms with Crippen molar-refractivity contribution >= 4 is 17.1 Å². The first kappa shape index (κ1) is 10.3. The van der Waals surface area contributed by atoms with Crippen molar-refractivity contribution < 1.29 is 0 Å². The molecule has 2 aromatic heterocycles. The summed E-state index contributed by atoms with van der Waals surface area (Å²) >= 11 is 0. The third-order valence-corrected chi connectivity index (χ3v) is 3.23. The summed E-state index contributed by atoms with van der Waals surface area (Å²) in [4.78, 5) is 15.7. The van der Waals surface area contributed by atoms with Crippen molar-refractivity contribution in [3.63, 3.8) is 0 Å². The summed E-state index contributed by atoms with van der Waals surface area (Å²) in [5.41, 5.74) is 8.26. The third-order valence-electron chi connectivity index (χ3n) is 3.23. The monoisotopic (exact) mass is 229 g/mol. The summed E-state index contributed by atoms with van der Waals surface area (Å²) in [5, 5.41) is 0. The average molecular weight is 229 g/mol. The molecular weight excluding hydrogens is 214 g/mol. The highest BCUT2D eigenvalue weighted by molar-refractivity contribution is 5.73. The SMILES string of the molecule is Nc1nc(CC2CC=CCC2)c2nc[nH]c2n1. The number of hydrogen-bond donors (Lipinski definition) is 2. The van der Waals surface area contributed by atoms with Gasteiger partial charge < -0.3 is 10.7 Å². The predicted octanol–water partition coefficient (Wildman–Crippen LogP) is 1.83. The number of imidazole rings is 1. The van der Waals surface area contributed by atoms with Gasteiger partial charge in [-0.1, -0.05) is 12.2 Å². The fourth-order valence-electron chi connectivity index (χ4n) is 2.37. The van der Waals surface area contributed by atoms with Gasteiger partial charge in [0.25, 0.3) is 0 Å². The van der Waals surface area contributed by atoms with Crippen molar-refractivity contribution in [3.8, 4) is 0 Å². The van der Waals surface area contributed by atoms with E-state index < -0.39 is 0 Å². The maximum Gasteiger partial charge on any atom is 0.222 e. The Balaban J connectivity index is 1.93. The number of anilines is 1. The fourth-order valence-corrected chi connectivity index (χ4v) is 2.37. The molecule has 1 atom stereocenters. The van der Waals surface area contributed by atoms with Crippen molar-refractivity contribution in [2.75, 3.05) is 5.73 Å². The molecule has 0 radical (unpaired) electrons. The number of nitrogens with two attached hydrogens (primary N) is 1. The Kier molecular flexibility index (Phi) is 2.51. The lowest BCUT2D eigenvalue weighted by Gasteiger charge is -2.17. The van der Waals surface area contributed by atoms with Crippen LogP contribution < -0.4 is 5.73 Å². The fraction of sp³-hybridized carbons (Fsp3) is 0.417. The van der Waals surface area contributed by atoms with Gasteiger partial charge in [0.1, 0.15) is 5.52 Å². The van der Waals surface area contributed by atoms with E-state index in [2.05, 4.69) is 32.1 Å². The van der Waals surface area contributed by atoms with E-state index in [9.17, 15) is 0 Å². The molecule has 0 aromatic carbocycles. The van der Waals surface area contributed by atoms with E-state index in [1.54, 1.807) is 6.33 Å². The highest BCUT2D eigenvalue weighted by Crippen LogP contribution is 2.24. The summed E-state index contributed by atoms with van der Waals surface area (Å²) in [7, 11) is 0. The van der Waals surface area contributed by atoms with Crippen LogP contribution >= 0.6 is 0 Å². The Morgan fingerprint density at radius 3 is 3.12 bits per heavy atom. The van der Waals surface area contributed by atoms with Crippen LogP contribution in [-0.4, -0.2) is 19.9 Å². The molecule has 1 unspecified atom stereocenters. The van der Waals surface area contributed by atoms with Crippen LogP contribution in [0.5, 0.6) is 0 Å². The molecule has 5 heteroatoms. The predicted molar refractivity (Wildman–Crippen MR) is 66.3 cm³/mol. The Labute approximate surface area is 99.2 Å². The van der Waals surface area contributed by atoms with E-state index in [1.165, 1.54) is 6.42 Å². The van der Waals surface area contributed by atoms with Crippen LogP contribution in [0.2, 0.25) is 0 Å². The maximum atomic E-state index is 5.71. The summed E-state index contributed by atoms with van der Waals surface area (Å²) in [6.45, 7) is 0. The minimum absolute atomic E-state index is 0.322. The standard InChI is InChI=1S/C12H15N5/c13-12-16-9(6-8-4-2-1-3-5-8)10-11(17-12)15-7-14-10/h1-2,7-8H,3-6H2,(H3,13,14,15,16,17). The Morgan fingerprint density at radius 2 is 2.29 bits per heavy atom. The molecule has 3 rings (SSSR count). The summed E-state index contributed by atoms with van der Waals surface area (Å²) < 4.78 is 0. The van der Waals surface area contributed by atoms with Gasteiger partial charge in [-0.25, -0.2) is 9.97 Å². The quantitative estimate of drug-likeness (QED) is 0.770. The number of aromatic amines is 1. The molecule has 88 valence electrons. The van der Waals surface area contributed by atoms with Crippen LogP contribution in [-0.2, 0) is 6.42 Å². The summed E-state index contributed by atoms with van der Waals surface area (Å²) in [6.07, 6.45) is 10.6. The number of nitrogens with zero attached hydrogens (tertiary/aromatic N) is 3. The minimum atomic E-state index is 0.322. The van der Waals surface area contributed by atoms with Gasteiger partial charge in [0.15, 0.2) is 5.65 Å². The first-order chi connectivity index (χ1) is 8.33. The molecule has 1 aliphatic rings. The molecule has 0 saturated carbocycles. The lowest BCUT2D eigenvalue weighted by Crippen LogP contribution is -2.09. The molecule has 0 fully saturated rings. The van der Waals surface area contributed by atoms with Crippen LogP contribution in [0.4, 0.5) is 5.95 Å². The molecule has 5 nitrogen and oxygen atoms in total. The number of hydrogen-bond acceptors (Lipinski definition) is 4. The summed E-state index contributed by atoms with van der Waals surface area (Å²) in [6, 6.07) is 0. The second kappa shape index (κ2) is 4.16. The first-order valence-electron chi connectivity index (χ1n) is 5.93. The Bertz CT molecular complexity index is 557. The van der Waals surface area contributed by atoms with E-state index in [0.29, 0.717) is 11.9 Å². The molecule has 3 N–H and O–H groups in total. The number of rotatable bonds is 2. The Morgan fingerprint density at radius 1 is 1.35 bits per heavy atom. The van der Waals surface area contributed by atoms with Gasteiger partial charge >= 0.3 is 0 Å². The molecule has 0 aliphatic heterocycles. The van der Waals surface area contributed by atoms with E-state index in [-0.39, 0.29) is 0 Å². The van der Waals surface area contributed by atoms with Gasteiger partial charge in [0.05, 0.1) is 12.0 Å². The highest BCUT2D eigenvalue weighted by atomic mass is 15.1. The molecule has 17 heavy (non-hydrogen) atoms. The lowest BCUT2D eigenvalue weighted by molar-refractivity contribution is 0.474. The van der Waals surface area contributed by atoms with Crippen LogP contribution in [0, 0.1) is 5.92 Å². The van der Waals surface area contributed by atoms with E-state index in [1.807, 2.05) is 0 Å². The number of H-pyrrole nitrogens is 1. The largest absolute Gasteiger partial charge is 0.368 e. The molecule has 0 amide bonds. The molecule has 0 spiro atoms. The molecule has 0 saturated heterocycles. The first-order valence-corrected chi connectivity index (χ1v) is 5.93. The van der Waals surface area contributed by atoms with Gasteiger partial charge in [-0.3, -0.25) is 0 Å². The third kappa shape index (κ3) is 2.00. The number of allylic oxidation sites excluding steroid dienone is 2. The number of fused-ring (bicyclic) bond motifs is 1. The van der Waals surface area contributed by atoms with Crippen LogP contribution in [0.25, 0.3) is 11.2 Å². The molecule has 0 bridgehead atoms. The average Bonchev–Trinajstić information content (AvgIpc) is 2.78. The van der Waals surface area contributed by atoms with E-state index >= 15 is 0 Å². The van der Waals surface area contributed by atoms with Gasteiger partial charge in [-0.15, -0.1) is 0 Å². The van der Waals surface area contributed by atoms with Crippen molar-refractivity contribution in [1.82, 2.24) is 19.9 Å². The van der Waals surface area contributed by atoms with Gasteiger partial charge in [-0.2, -0.15) is 4.98 Å². The minimum Gasteiger partial charge on any atom is -0.368 e. The lowest BCUT2D eigenvalue weighted by atomic mass is 9.90. The van der Waals surface area contributed by atoms with E-state index in [4.69, 9.17) is 5.73 Å². The van der Waals surface area contributed by atoms with E-state index in [0.717, 1.165) is 36.1 Å². The second-order valence-electron chi connectivity index (χ2n) is 4.48. The van der Waals surface area contributed by atoms with Gasteiger partial charge in [0, 0.05) is 0 Å². The smallest absolute Gasteiger partial charge is 0.222 e. The maximum absolute atomic E-state index is 5.71. The van der Waals surface area contributed by atoms with Crippen molar-refractivity contribution in [3.05, 3.63) is 24.2 Å². The zero-order chi connectivity index (χ0) is 11.7. The zero-order valence-corrected chi connectivity index (χ0v) is 9.56.